The van der Waals surface area contributed by atoms with Gasteiger partial charge >= 0.3 is 0 Å². The first-order valence-electron chi connectivity index (χ1n) is 5.03. The van der Waals surface area contributed by atoms with Crippen LogP contribution in [0.15, 0.2) is 23.7 Å². The van der Waals surface area contributed by atoms with Crippen molar-refractivity contribution in [3.63, 3.8) is 0 Å². The number of rotatable bonds is 4. The summed E-state index contributed by atoms with van der Waals surface area (Å²) in [7, 11) is 0. The number of nitrogens with one attached hydrogen (secondary N) is 2. The number of thiophene rings is 1. The molecule has 80 valence electrons. The van der Waals surface area contributed by atoms with E-state index in [1.165, 1.54) is 4.88 Å². The fourth-order valence-electron chi connectivity index (χ4n) is 1.46. The highest BCUT2D eigenvalue weighted by molar-refractivity contribution is 7.10. The van der Waals surface area contributed by atoms with Gasteiger partial charge in [-0.3, -0.25) is 0 Å². The van der Waals surface area contributed by atoms with E-state index in [0.29, 0.717) is 6.04 Å². The van der Waals surface area contributed by atoms with Gasteiger partial charge in [0.05, 0.1) is 0 Å². The normalized spacial score (nSPS) is 12.9. The average molecular weight is 221 g/mol. The van der Waals surface area contributed by atoms with E-state index >= 15 is 0 Å². The van der Waals surface area contributed by atoms with E-state index < -0.39 is 0 Å². The smallest absolute Gasteiger partial charge is 0.103 e. The van der Waals surface area contributed by atoms with Gasteiger partial charge in [-0.2, -0.15) is 0 Å². The molecular weight excluding hydrogens is 206 g/mol. The molecule has 1 atom stereocenters. The van der Waals surface area contributed by atoms with E-state index in [0.717, 1.165) is 18.1 Å². The maximum Gasteiger partial charge on any atom is 0.103 e. The first-order valence-corrected chi connectivity index (χ1v) is 5.91. The number of aryl methyl sites for hydroxylation is 1. The van der Waals surface area contributed by atoms with Crippen LogP contribution in [0.2, 0.25) is 0 Å². The first kappa shape index (κ1) is 10.4. The van der Waals surface area contributed by atoms with Gasteiger partial charge in [-0.1, -0.05) is 6.07 Å². The van der Waals surface area contributed by atoms with E-state index in [1.54, 1.807) is 11.3 Å². The third kappa shape index (κ3) is 2.67. The van der Waals surface area contributed by atoms with E-state index in [4.69, 9.17) is 0 Å². The molecule has 0 saturated heterocycles. The minimum atomic E-state index is 0.397. The van der Waals surface area contributed by atoms with Gasteiger partial charge in [0.25, 0.3) is 0 Å². The summed E-state index contributed by atoms with van der Waals surface area (Å²) in [5.74, 6) is 0.968. The standard InChI is InChI=1S/C11H15N3S/c1-8(11-4-3-5-15-11)12-6-10-7-13-9(2)14-10/h3-5,7-8,12H,6H2,1-2H3,(H,13,14)/t8-/m1/s1. The zero-order valence-corrected chi connectivity index (χ0v) is 9.77. The minimum Gasteiger partial charge on any atom is -0.345 e. The summed E-state index contributed by atoms with van der Waals surface area (Å²) in [5, 5.41) is 5.56. The molecule has 0 aliphatic heterocycles. The van der Waals surface area contributed by atoms with Gasteiger partial charge in [-0.05, 0) is 25.3 Å². The molecule has 2 heterocycles. The van der Waals surface area contributed by atoms with E-state index in [9.17, 15) is 0 Å². The second-order valence-electron chi connectivity index (χ2n) is 3.61. The van der Waals surface area contributed by atoms with Crippen LogP contribution in [0.25, 0.3) is 0 Å². The molecule has 4 heteroatoms. The van der Waals surface area contributed by atoms with Gasteiger partial charge in [0.2, 0.25) is 0 Å². The Balaban J connectivity index is 1.88. The largest absolute Gasteiger partial charge is 0.345 e. The molecule has 3 nitrogen and oxygen atoms in total. The van der Waals surface area contributed by atoms with Gasteiger partial charge in [0, 0.05) is 29.4 Å². The molecular formula is C11H15N3S. The molecule has 0 unspecified atom stereocenters. The molecule has 0 amide bonds. The number of H-pyrrole nitrogens is 1. The Kier molecular flexibility index (Phi) is 3.18. The Morgan fingerprint density at radius 1 is 1.60 bits per heavy atom. The number of imidazole rings is 1. The highest BCUT2D eigenvalue weighted by atomic mass is 32.1. The van der Waals surface area contributed by atoms with Crippen molar-refractivity contribution in [2.75, 3.05) is 0 Å². The summed E-state index contributed by atoms with van der Waals surface area (Å²) in [6.07, 6.45) is 1.88. The van der Waals surface area contributed by atoms with Crippen LogP contribution >= 0.6 is 11.3 Å². The van der Waals surface area contributed by atoms with Crippen LogP contribution in [-0.4, -0.2) is 9.97 Å². The zero-order valence-electron chi connectivity index (χ0n) is 8.95. The van der Waals surface area contributed by atoms with Gasteiger partial charge in [0.1, 0.15) is 5.82 Å². The van der Waals surface area contributed by atoms with Crippen LogP contribution in [0.4, 0.5) is 0 Å². The Morgan fingerprint density at radius 3 is 3.07 bits per heavy atom. The predicted molar refractivity (Wildman–Crippen MR) is 62.9 cm³/mol. The summed E-state index contributed by atoms with van der Waals surface area (Å²) < 4.78 is 0. The van der Waals surface area contributed by atoms with Crippen molar-refractivity contribution >= 4 is 11.3 Å². The molecule has 0 aromatic carbocycles. The molecule has 2 N–H and O–H groups in total. The van der Waals surface area contributed by atoms with Crippen molar-refractivity contribution in [1.82, 2.24) is 15.3 Å². The zero-order chi connectivity index (χ0) is 10.7. The number of hydrogen-bond donors (Lipinski definition) is 2. The van der Waals surface area contributed by atoms with Crippen LogP contribution in [0.1, 0.15) is 29.4 Å². The third-order valence-electron chi connectivity index (χ3n) is 2.32. The number of aromatic amines is 1. The predicted octanol–water partition coefficient (Wildman–Crippen LogP) is 2.63. The van der Waals surface area contributed by atoms with Gasteiger partial charge < -0.3 is 10.3 Å². The van der Waals surface area contributed by atoms with Crippen molar-refractivity contribution in [2.45, 2.75) is 26.4 Å². The minimum absolute atomic E-state index is 0.397. The lowest BCUT2D eigenvalue weighted by Crippen LogP contribution is -2.17. The Hall–Kier alpha value is -1.13. The van der Waals surface area contributed by atoms with E-state index in [1.807, 2.05) is 13.1 Å². The molecule has 2 rings (SSSR count). The van der Waals surface area contributed by atoms with E-state index in [2.05, 4.69) is 39.7 Å². The van der Waals surface area contributed by atoms with Crippen LogP contribution in [0, 0.1) is 6.92 Å². The highest BCUT2D eigenvalue weighted by Gasteiger charge is 2.05. The SMILES string of the molecule is Cc1ncc(CN[C@H](C)c2cccs2)[nH]1. The number of hydrogen-bond acceptors (Lipinski definition) is 3. The summed E-state index contributed by atoms with van der Waals surface area (Å²) in [6, 6.07) is 4.63. The van der Waals surface area contributed by atoms with Crippen LogP contribution in [0.3, 0.4) is 0 Å². The topological polar surface area (TPSA) is 40.7 Å². The first-order chi connectivity index (χ1) is 7.25. The molecule has 0 saturated carbocycles. The maximum absolute atomic E-state index is 4.16. The van der Waals surface area contributed by atoms with Crippen LogP contribution < -0.4 is 5.32 Å². The average Bonchev–Trinajstić information content (AvgIpc) is 2.84. The second-order valence-corrected chi connectivity index (χ2v) is 4.59. The quantitative estimate of drug-likeness (QED) is 0.833. The summed E-state index contributed by atoms with van der Waals surface area (Å²) in [4.78, 5) is 8.74. The summed E-state index contributed by atoms with van der Waals surface area (Å²) in [5.41, 5.74) is 1.14. The fraction of sp³-hybridized carbons (Fsp3) is 0.364. The van der Waals surface area contributed by atoms with Crippen LogP contribution in [-0.2, 0) is 6.54 Å². The van der Waals surface area contributed by atoms with Crippen molar-refractivity contribution in [1.29, 1.82) is 0 Å². The summed E-state index contributed by atoms with van der Waals surface area (Å²) in [6.45, 7) is 4.97. The molecule has 2 aromatic heterocycles. The number of aromatic nitrogens is 2. The molecule has 0 aliphatic rings. The lowest BCUT2D eigenvalue weighted by molar-refractivity contribution is 0.576. The molecule has 2 aromatic rings. The van der Waals surface area contributed by atoms with Crippen molar-refractivity contribution in [3.8, 4) is 0 Å². The van der Waals surface area contributed by atoms with Crippen molar-refractivity contribution in [3.05, 3.63) is 40.1 Å². The molecule has 0 radical (unpaired) electrons. The molecule has 0 spiro atoms. The fourth-order valence-corrected chi connectivity index (χ4v) is 2.22. The van der Waals surface area contributed by atoms with E-state index in [-0.39, 0.29) is 0 Å². The van der Waals surface area contributed by atoms with Gasteiger partial charge in [-0.25, -0.2) is 4.98 Å². The van der Waals surface area contributed by atoms with Crippen molar-refractivity contribution < 1.29 is 0 Å². The molecule has 0 bridgehead atoms. The van der Waals surface area contributed by atoms with Gasteiger partial charge in [-0.15, -0.1) is 11.3 Å². The second kappa shape index (κ2) is 4.59. The maximum atomic E-state index is 4.16. The third-order valence-corrected chi connectivity index (χ3v) is 3.38. The Morgan fingerprint density at radius 2 is 2.47 bits per heavy atom. The molecule has 0 aliphatic carbocycles. The van der Waals surface area contributed by atoms with Gasteiger partial charge in [0.15, 0.2) is 0 Å². The lowest BCUT2D eigenvalue weighted by Gasteiger charge is -2.10. The Labute approximate surface area is 93.6 Å². The summed E-state index contributed by atoms with van der Waals surface area (Å²) >= 11 is 1.78. The molecule has 0 fully saturated rings. The molecule has 15 heavy (non-hydrogen) atoms. The Bertz CT molecular complexity index is 405. The number of nitrogens with zero attached hydrogens (tertiary/aromatic N) is 1. The monoisotopic (exact) mass is 221 g/mol. The highest BCUT2D eigenvalue weighted by Crippen LogP contribution is 2.18. The van der Waals surface area contributed by atoms with Crippen molar-refractivity contribution in [2.24, 2.45) is 0 Å². The van der Waals surface area contributed by atoms with Crippen LogP contribution in [0.5, 0.6) is 0 Å². The lowest BCUT2D eigenvalue weighted by atomic mass is 10.2.